The summed E-state index contributed by atoms with van der Waals surface area (Å²) in [6.07, 6.45) is 4.86. The first-order valence-electron chi connectivity index (χ1n) is 12.5. The Morgan fingerprint density at radius 1 is 1.16 bits per heavy atom. The number of nitrogens with one attached hydrogen (secondary N) is 1. The number of carbonyl (C=O) groups is 3. The number of amides is 2. The molecule has 0 fully saturated rings. The van der Waals surface area contributed by atoms with E-state index in [4.69, 9.17) is 9.47 Å². The molecule has 0 bridgehead atoms. The van der Waals surface area contributed by atoms with E-state index in [0.717, 1.165) is 59.8 Å². The summed E-state index contributed by atoms with van der Waals surface area (Å²) in [7, 11) is 1.34. The van der Waals surface area contributed by atoms with Gasteiger partial charge in [-0.3, -0.25) is 9.59 Å². The van der Waals surface area contributed by atoms with Crippen molar-refractivity contribution in [2.75, 3.05) is 37.1 Å². The maximum atomic E-state index is 13.7. The molecule has 1 aliphatic rings. The SMILES string of the molecule is CCOCCn1c(=NC(=O)CSCC(=O)Nc2sc3c(c2C(=O)OC)CCCCC3)sc2cc(F)ccc21. The van der Waals surface area contributed by atoms with Crippen LogP contribution in [0.3, 0.4) is 0 Å². The lowest BCUT2D eigenvalue weighted by molar-refractivity contribution is -0.115. The van der Waals surface area contributed by atoms with Gasteiger partial charge in [-0.25, -0.2) is 9.18 Å². The predicted molar refractivity (Wildman–Crippen MR) is 150 cm³/mol. The molecule has 2 aromatic heterocycles. The molecule has 0 saturated heterocycles. The number of halogens is 1. The van der Waals surface area contributed by atoms with E-state index in [2.05, 4.69) is 10.3 Å². The minimum Gasteiger partial charge on any atom is -0.465 e. The van der Waals surface area contributed by atoms with Gasteiger partial charge in [0.05, 0.1) is 41.0 Å². The minimum absolute atomic E-state index is 0.00624. The molecule has 0 spiro atoms. The van der Waals surface area contributed by atoms with Crippen LogP contribution in [0.4, 0.5) is 9.39 Å². The van der Waals surface area contributed by atoms with E-state index < -0.39 is 11.9 Å². The van der Waals surface area contributed by atoms with Crippen molar-refractivity contribution in [1.29, 1.82) is 0 Å². The molecule has 2 heterocycles. The Kier molecular flexibility index (Phi) is 10.1. The number of benzene rings is 1. The number of carbonyl (C=O) groups excluding carboxylic acids is 3. The van der Waals surface area contributed by atoms with Crippen LogP contribution in [0.25, 0.3) is 10.2 Å². The zero-order chi connectivity index (χ0) is 27.1. The predicted octanol–water partition coefficient (Wildman–Crippen LogP) is 4.79. The average molecular weight is 580 g/mol. The Balaban J connectivity index is 1.41. The second kappa shape index (κ2) is 13.5. The smallest absolute Gasteiger partial charge is 0.341 e. The van der Waals surface area contributed by atoms with Crippen molar-refractivity contribution in [3.63, 3.8) is 0 Å². The Morgan fingerprint density at radius 2 is 1.97 bits per heavy atom. The highest BCUT2D eigenvalue weighted by molar-refractivity contribution is 8.00. The maximum absolute atomic E-state index is 13.7. The normalized spacial score (nSPS) is 13.8. The second-order valence-corrected chi connectivity index (χ2v) is 11.8. The van der Waals surface area contributed by atoms with Gasteiger partial charge in [-0.15, -0.1) is 23.1 Å². The van der Waals surface area contributed by atoms with Gasteiger partial charge in [-0.05, 0) is 56.4 Å². The number of esters is 1. The molecule has 2 amide bonds. The lowest BCUT2D eigenvalue weighted by Gasteiger charge is -2.07. The number of aromatic nitrogens is 1. The molecule has 12 heteroatoms. The number of aryl methyl sites for hydroxylation is 1. The minimum atomic E-state index is -0.442. The van der Waals surface area contributed by atoms with E-state index in [1.807, 2.05) is 11.5 Å². The number of ether oxygens (including phenoxy) is 2. The third-order valence-electron chi connectivity index (χ3n) is 6.05. The molecule has 204 valence electrons. The van der Waals surface area contributed by atoms with E-state index in [9.17, 15) is 18.8 Å². The molecule has 0 atom stereocenters. The van der Waals surface area contributed by atoms with Gasteiger partial charge < -0.3 is 19.4 Å². The summed E-state index contributed by atoms with van der Waals surface area (Å²) < 4.78 is 26.7. The van der Waals surface area contributed by atoms with Crippen molar-refractivity contribution in [1.82, 2.24) is 4.57 Å². The van der Waals surface area contributed by atoms with Crippen LogP contribution in [0.5, 0.6) is 0 Å². The number of rotatable bonds is 10. The third-order valence-corrected chi connectivity index (χ3v) is 9.22. The Hall–Kier alpha value is -2.54. The van der Waals surface area contributed by atoms with Gasteiger partial charge in [0.2, 0.25) is 5.91 Å². The molecule has 38 heavy (non-hydrogen) atoms. The highest BCUT2D eigenvalue weighted by Crippen LogP contribution is 2.38. The molecule has 0 aliphatic heterocycles. The van der Waals surface area contributed by atoms with Gasteiger partial charge in [-0.1, -0.05) is 17.8 Å². The average Bonchev–Trinajstić information content (AvgIpc) is 3.29. The van der Waals surface area contributed by atoms with Crippen molar-refractivity contribution in [2.45, 2.75) is 45.6 Å². The Bertz CT molecular complexity index is 1390. The molecule has 1 aromatic carbocycles. The van der Waals surface area contributed by atoms with Gasteiger partial charge in [0.25, 0.3) is 5.91 Å². The number of thioether (sulfide) groups is 1. The molecule has 3 aromatic rings. The van der Waals surface area contributed by atoms with E-state index in [1.165, 1.54) is 41.9 Å². The van der Waals surface area contributed by atoms with Gasteiger partial charge in [0, 0.05) is 18.0 Å². The van der Waals surface area contributed by atoms with Crippen molar-refractivity contribution >= 4 is 67.4 Å². The molecule has 0 unspecified atom stereocenters. The van der Waals surface area contributed by atoms with Crippen LogP contribution in [0.2, 0.25) is 0 Å². The molecule has 8 nitrogen and oxygen atoms in total. The molecule has 0 saturated carbocycles. The number of thiazole rings is 1. The van der Waals surface area contributed by atoms with Crippen LogP contribution in [-0.2, 0) is 38.4 Å². The fourth-order valence-electron chi connectivity index (χ4n) is 4.33. The van der Waals surface area contributed by atoms with Gasteiger partial charge in [0.15, 0.2) is 4.80 Å². The van der Waals surface area contributed by atoms with Crippen LogP contribution < -0.4 is 10.1 Å². The first kappa shape index (κ1) is 28.5. The van der Waals surface area contributed by atoms with E-state index >= 15 is 0 Å². The second-order valence-electron chi connectivity index (χ2n) is 8.65. The van der Waals surface area contributed by atoms with Crippen LogP contribution in [0.1, 0.15) is 47.0 Å². The fraction of sp³-hybridized carbons (Fsp3) is 0.462. The van der Waals surface area contributed by atoms with Gasteiger partial charge in [-0.2, -0.15) is 4.99 Å². The zero-order valence-corrected chi connectivity index (χ0v) is 23.8. The topological polar surface area (TPSA) is 99.0 Å². The van der Waals surface area contributed by atoms with Gasteiger partial charge in [0.1, 0.15) is 10.8 Å². The first-order valence-corrected chi connectivity index (χ1v) is 15.2. The molecule has 0 radical (unpaired) electrons. The maximum Gasteiger partial charge on any atom is 0.341 e. The van der Waals surface area contributed by atoms with Crippen molar-refractivity contribution in [3.05, 3.63) is 44.8 Å². The Morgan fingerprint density at radius 3 is 2.76 bits per heavy atom. The summed E-state index contributed by atoms with van der Waals surface area (Å²) in [5.41, 5.74) is 2.22. The van der Waals surface area contributed by atoms with Crippen LogP contribution in [-0.4, -0.2) is 54.2 Å². The van der Waals surface area contributed by atoms with Crippen LogP contribution in [0, 0.1) is 5.82 Å². The standard InChI is InChI=1S/C26H30FN3O5S3/c1-3-35-12-11-30-18-10-9-16(27)13-20(18)38-26(30)29-22(32)15-36-14-21(31)28-24-23(25(33)34-2)17-7-5-4-6-8-19(17)37-24/h9-10,13H,3-8,11-12,14-15H2,1-2H3,(H,28,31). The van der Waals surface area contributed by atoms with E-state index in [-0.39, 0.29) is 23.2 Å². The van der Waals surface area contributed by atoms with E-state index in [0.29, 0.717) is 39.8 Å². The lowest BCUT2D eigenvalue weighted by Crippen LogP contribution is -2.20. The number of methoxy groups -OCH3 is 1. The lowest BCUT2D eigenvalue weighted by atomic mass is 10.1. The number of nitrogens with zero attached hydrogens (tertiary/aromatic N) is 2. The monoisotopic (exact) mass is 579 g/mol. The van der Waals surface area contributed by atoms with Crippen molar-refractivity contribution in [3.8, 4) is 0 Å². The summed E-state index contributed by atoms with van der Waals surface area (Å²) in [5, 5.41) is 3.36. The summed E-state index contributed by atoms with van der Waals surface area (Å²) in [6.45, 7) is 3.39. The molecule has 1 N–H and O–H groups in total. The third kappa shape index (κ3) is 6.90. The number of thiophene rings is 1. The summed E-state index contributed by atoms with van der Waals surface area (Å²) in [5.74, 6) is -1.44. The summed E-state index contributed by atoms with van der Waals surface area (Å²) in [6, 6.07) is 4.47. The molecular formula is C26H30FN3O5S3. The van der Waals surface area contributed by atoms with Crippen LogP contribution >= 0.6 is 34.4 Å². The summed E-state index contributed by atoms with van der Waals surface area (Å²) in [4.78, 5) is 43.6. The van der Waals surface area contributed by atoms with E-state index in [1.54, 1.807) is 6.07 Å². The number of hydrogen-bond donors (Lipinski definition) is 1. The zero-order valence-electron chi connectivity index (χ0n) is 21.3. The largest absolute Gasteiger partial charge is 0.465 e. The Labute approximate surface area is 232 Å². The first-order chi connectivity index (χ1) is 18.4. The number of hydrogen-bond acceptors (Lipinski definition) is 8. The van der Waals surface area contributed by atoms with Crippen molar-refractivity contribution in [2.24, 2.45) is 4.99 Å². The summed E-state index contributed by atoms with van der Waals surface area (Å²) >= 11 is 3.82. The van der Waals surface area contributed by atoms with Crippen molar-refractivity contribution < 1.29 is 28.2 Å². The van der Waals surface area contributed by atoms with Crippen LogP contribution in [0.15, 0.2) is 23.2 Å². The highest BCUT2D eigenvalue weighted by Gasteiger charge is 2.26. The fourth-order valence-corrected chi connectivity index (χ4v) is 7.32. The molecule has 4 rings (SSSR count). The molecule has 1 aliphatic carbocycles. The van der Waals surface area contributed by atoms with Gasteiger partial charge >= 0.3 is 5.97 Å². The highest BCUT2D eigenvalue weighted by atomic mass is 32.2. The molecular weight excluding hydrogens is 550 g/mol. The quantitative estimate of drug-likeness (QED) is 0.211. The number of fused-ring (bicyclic) bond motifs is 2. The number of anilines is 1.